The minimum atomic E-state index is -0.215. The Kier molecular flexibility index (Phi) is 1.42. The highest BCUT2D eigenvalue weighted by molar-refractivity contribution is 5.84. The van der Waals surface area contributed by atoms with E-state index in [0.717, 1.165) is 35.5 Å². The van der Waals surface area contributed by atoms with Crippen molar-refractivity contribution in [2.45, 2.75) is 0 Å². The van der Waals surface area contributed by atoms with Gasteiger partial charge in [0.25, 0.3) is 0 Å². The average Bonchev–Trinajstić information content (AvgIpc) is 3.24. The molecular weight excluding hydrogens is 232 g/mol. The highest BCUT2D eigenvalue weighted by atomic mass is 16.5. The second kappa shape index (κ2) is 2.61. The number of esters is 2. The third kappa shape index (κ3) is 0.733. The number of hydrogen-bond acceptors (Lipinski definition) is 4. The normalized spacial score (nSPS) is 63.4. The predicted octanol–water partition coefficient (Wildman–Crippen LogP) is 0.562. The molecule has 2 bridgehead atoms. The second-order valence-electron chi connectivity index (χ2n) is 6.72. The number of methoxy groups -OCH3 is 2. The van der Waals surface area contributed by atoms with Crippen LogP contribution in [-0.2, 0) is 19.1 Å². The summed E-state index contributed by atoms with van der Waals surface area (Å²) in [6.07, 6.45) is 0. The fourth-order valence-corrected chi connectivity index (χ4v) is 6.68. The van der Waals surface area contributed by atoms with Gasteiger partial charge in [-0.25, -0.2) is 0 Å². The third-order valence-electron chi connectivity index (χ3n) is 6.77. The number of ether oxygens (including phenoxy) is 2. The molecule has 0 aromatic carbocycles. The van der Waals surface area contributed by atoms with Gasteiger partial charge in [-0.15, -0.1) is 0 Å². The molecule has 0 aliphatic heterocycles. The van der Waals surface area contributed by atoms with E-state index >= 15 is 0 Å². The van der Waals surface area contributed by atoms with Crippen LogP contribution in [-0.4, -0.2) is 26.2 Å². The Hall–Kier alpha value is -1.06. The Morgan fingerprint density at radius 1 is 0.611 bits per heavy atom. The van der Waals surface area contributed by atoms with Gasteiger partial charge in [-0.3, -0.25) is 9.59 Å². The SMILES string of the molecule is COC(=O)[C@@H]1C2[C@H]3C4C5[C@H]2[C@@H]5C([C@H]43)[C@@H]1C(=O)OC. The minimum Gasteiger partial charge on any atom is -0.469 e. The lowest BCUT2D eigenvalue weighted by molar-refractivity contribution is -0.171. The summed E-state index contributed by atoms with van der Waals surface area (Å²) in [5, 5.41) is 0. The first-order valence-electron chi connectivity index (χ1n) is 6.88. The van der Waals surface area contributed by atoms with Gasteiger partial charge in [0.1, 0.15) is 0 Å². The first-order valence-corrected chi connectivity index (χ1v) is 6.88. The van der Waals surface area contributed by atoms with E-state index in [9.17, 15) is 9.59 Å². The fraction of sp³-hybridized carbons (Fsp3) is 0.857. The molecule has 0 radical (unpaired) electrons. The summed E-state index contributed by atoms with van der Waals surface area (Å²) < 4.78 is 9.93. The molecule has 96 valence electrons. The van der Waals surface area contributed by atoms with Gasteiger partial charge in [-0.1, -0.05) is 0 Å². The average molecular weight is 248 g/mol. The maximum absolute atomic E-state index is 12.1. The number of fused-ring (bicyclic) bond motifs is 1. The summed E-state index contributed by atoms with van der Waals surface area (Å²) in [4.78, 5) is 24.2. The van der Waals surface area contributed by atoms with Crippen LogP contribution in [0.25, 0.3) is 0 Å². The Balaban J connectivity index is 1.60. The first kappa shape index (κ1) is 9.82. The summed E-state index contributed by atoms with van der Waals surface area (Å²) in [5.41, 5.74) is 0. The Morgan fingerprint density at radius 2 is 0.889 bits per heavy atom. The van der Waals surface area contributed by atoms with Gasteiger partial charge in [0, 0.05) is 0 Å². The molecular formula is C14H16O4. The van der Waals surface area contributed by atoms with Crippen LogP contribution in [0.15, 0.2) is 0 Å². The maximum Gasteiger partial charge on any atom is 0.309 e. The Labute approximate surface area is 105 Å². The van der Waals surface area contributed by atoms with Crippen LogP contribution < -0.4 is 0 Å². The van der Waals surface area contributed by atoms with Crippen molar-refractivity contribution in [2.24, 2.45) is 59.2 Å². The molecule has 0 saturated heterocycles. The minimum absolute atomic E-state index is 0.185. The molecule has 0 amide bonds. The standard InChI is InChI=1S/C14H16O4/c1-17-13(15)11-9-5-3-4-6(9)8(4)10(7(3)5)12(11)14(16)18-2/h3-12H,1-2H3/t3?,4?,5-,6-,7+,8+,9?,10?,11+,12-. The van der Waals surface area contributed by atoms with E-state index in [-0.39, 0.29) is 23.8 Å². The monoisotopic (exact) mass is 248 g/mol. The molecule has 4 nitrogen and oxygen atoms in total. The highest BCUT2D eigenvalue weighted by Crippen LogP contribution is 2.93. The van der Waals surface area contributed by atoms with Crippen LogP contribution in [0.1, 0.15) is 0 Å². The summed E-state index contributed by atoms with van der Waals surface area (Å²) in [6, 6.07) is 0. The van der Waals surface area contributed by atoms with Gasteiger partial charge in [-0.2, -0.15) is 0 Å². The van der Waals surface area contributed by atoms with E-state index in [1.54, 1.807) is 0 Å². The van der Waals surface area contributed by atoms with Crippen LogP contribution in [0.3, 0.4) is 0 Å². The lowest BCUT2D eigenvalue weighted by atomic mass is 9.58. The summed E-state index contributed by atoms with van der Waals surface area (Å²) in [7, 11) is 2.86. The van der Waals surface area contributed by atoms with E-state index in [0.29, 0.717) is 11.8 Å². The predicted molar refractivity (Wildman–Crippen MR) is 58.9 cm³/mol. The van der Waals surface area contributed by atoms with E-state index < -0.39 is 0 Å². The lowest BCUT2D eigenvalue weighted by Crippen LogP contribution is -2.51. The van der Waals surface area contributed by atoms with E-state index in [2.05, 4.69) is 0 Å². The number of hydrogen-bond donors (Lipinski definition) is 0. The molecule has 0 heterocycles. The van der Waals surface area contributed by atoms with Crippen molar-refractivity contribution < 1.29 is 19.1 Å². The van der Waals surface area contributed by atoms with Crippen molar-refractivity contribution in [1.29, 1.82) is 0 Å². The zero-order valence-corrected chi connectivity index (χ0v) is 10.4. The van der Waals surface area contributed by atoms with Crippen LogP contribution in [0.2, 0.25) is 0 Å². The molecule has 8 atom stereocenters. The molecule has 6 aliphatic rings. The molecule has 0 aromatic rings. The molecule has 18 heavy (non-hydrogen) atoms. The zero-order chi connectivity index (χ0) is 12.3. The summed E-state index contributed by atoms with van der Waals surface area (Å²) >= 11 is 0. The highest BCUT2D eigenvalue weighted by Gasteiger charge is 2.92. The Bertz CT molecular complexity index is 422. The first-order chi connectivity index (χ1) is 8.72. The summed E-state index contributed by atoms with van der Waals surface area (Å²) in [6.45, 7) is 0. The number of carbonyl (C=O) groups excluding carboxylic acids is 2. The van der Waals surface area contributed by atoms with Crippen molar-refractivity contribution in [3.05, 3.63) is 0 Å². The second-order valence-corrected chi connectivity index (χ2v) is 6.72. The molecule has 6 fully saturated rings. The lowest BCUT2D eigenvalue weighted by Gasteiger charge is -2.44. The smallest absolute Gasteiger partial charge is 0.309 e. The molecule has 2 unspecified atom stereocenters. The largest absolute Gasteiger partial charge is 0.469 e. The van der Waals surface area contributed by atoms with Gasteiger partial charge in [0.2, 0.25) is 0 Å². The van der Waals surface area contributed by atoms with Crippen LogP contribution in [0.5, 0.6) is 0 Å². The molecule has 0 aromatic heterocycles. The van der Waals surface area contributed by atoms with Crippen molar-refractivity contribution in [1.82, 2.24) is 0 Å². The molecule has 6 rings (SSSR count). The van der Waals surface area contributed by atoms with Gasteiger partial charge in [0.05, 0.1) is 26.1 Å². The van der Waals surface area contributed by atoms with Gasteiger partial charge < -0.3 is 9.47 Å². The van der Waals surface area contributed by atoms with Crippen molar-refractivity contribution in [2.75, 3.05) is 14.2 Å². The molecule has 6 aliphatic carbocycles. The van der Waals surface area contributed by atoms with Crippen molar-refractivity contribution in [3.8, 4) is 0 Å². The third-order valence-corrected chi connectivity index (χ3v) is 6.77. The Morgan fingerprint density at radius 3 is 1.17 bits per heavy atom. The zero-order valence-electron chi connectivity index (χ0n) is 10.4. The van der Waals surface area contributed by atoms with Gasteiger partial charge in [0.15, 0.2) is 0 Å². The van der Waals surface area contributed by atoms with Crippen LogP contribution in [0.4, 0.5) is 0 Å². The quantitative estimate of drug-likeness (QED) is 0.670. The van der Waals surface area contributed by atoms with E-state index in [4.69, 9.17) is 9.47 Å². The number of rotatable bonds is 2. The van der Waals surface area contributed by atoms with Crippen molar-refractivity contribution >= 4 is 11.9 Å². The maximum atomic E-state index is 12.1. The van der Waals surface area contributed by atoms with Crippen LogP contribution in [0, 0.1) is 59.2 Å². The van der Waals surface area contributed by atoms with Crippen LogP contribution >= 0.6 is 0 Å². The summed E-state index contributed by atoms with van der Waals surface area (Å²) in [5.74, 6) is 4.69. The molecule has 0 N–H and O–H groups in total. The topological polar surface area (TPSA) is 52.6 Å². The van der Waals surface area contributed by atoms with Crippen molar-refractivity contribution in [3.63, 3.8) is 0 Å². The molecule has 6 saturated carbocycles. The van der Waals surface area contributed by atoms with Gasteiger partial charge in [-0.05, 0) is 47.3 Å². The fourth-order valence-electron chi connectivity index (χ4n) is 6.68. The number of carbonyl (C=O) groups is 2. The molecule has 4 heteroatoms. The molecule has 0 spiro atoms. The van der Waals surface area contributed by atoms with Gasteiger partial charge >= 0.3 is 11.9 Å². The van der Waals surface area contributed by atoms with E-state index in [1.165, 1.54) is 14.2 Å². The van der Waals surface area contributed by atoms with E-state index in [1.807, 2.05) is 0 Å².